The Morgan fingerprint density at radius 1 is 0.621 bits per heavy atom. The van der Waals surface area contributed by atoms with E-state index in [1.807, 2.05) is 24.3 Å². The van der Waals surface area contributed by atoms with Crippen LogP contribution in [-0.2, 0) is 0 Å². The molecule has 4 aromatic rings. The number of nitrogens with zero attached hydrogens (tertiary/aromatic N) is 5. The fourth-order valence-corrected chi connectivity index (χ4v) is 4.01. The van der Waals surface area contributed by atoms with Gasteiger partial charge in [-0.1, -0.05) is 6.07 Å². The highest BCUT2D eigenvalue weighted by Crippen LogP contribution is 2.34. The summed E-state index contributed by atoms with van der Waals surface area (Å²) < 4.78 is 0.896. The van der Waals surface area contributed by atoms with Crippen molar-refractivity contribution in [3.05, 3.63) is 76.9 Å². The molecule has 3 aromatic carbocycles. The molecule has 0 spiro atoms. The molecule has 0 fully saturated rings. The Hall–Kier alpha value is -4.49. The van der Waals surface area contributed by atoms with Gasteiger partial charge in [-0.05, 0) is 59.7 Å². The lowest BCUT2D eigenvalue weighted by Gasteiger charge is -2.06. The molecule has 29 heavy (non-hydrogen) atoms. The highest BCUT2D eigenvalue weighted by atomic mass is 32.1. The van der Waals surface area contributed by atoms with Crippen molar-refractivity contribution >= 4 is 21.6 Å². The average molecular weight is 387 g/mol. The van der Waals surface area contributed by atoms with Gasteiger partial charge in [-0.2, -0.15) is 21.0 Å². The maximum absolute atomic E-state index is 9.47. The van der Waals surface area contributed by atoms with Gasteiger partial charge >= 0.3 is 0 Å². The van der Waals surface area contributed by atoms with E-state index >= 15 is 0 Å². The molecule has 0 saturated carbocycles. The molecule has 4 rings (SSSR count). The Bertz CT molecular complexity index is 1450. The fourth-order valence-electron chi connectivity index (χ4n) is 3.01. The van der Waals surface area contributed by atoms with E-state index in [0.717, 1.165) is 31.9 Å². The van der Waals surface area contributed by atoms with Crippen molar-refractivity contribution in [3.8, 4) is 46.0 Å². The van der Waals surface area contributed by atoms with Gasteiger partial charge in [0.15, 0.2) is 0 Å². The zero-order valence-electron chi connectivity index (χ0n) is 14.8. The third kappa shape index (κ3) is 3.29. The van der Waals surface area contributed by atoms with Gasteiger partial charge in [0.05, 0.1) is 44.6 Å². The van der Waals surface area contributed by atoms with E-state index in [0.29, 0.717) is 16.7 Å². The minimum absolute atomic E-state index is 0.290. The van der Waals surface area contributed by atoms with Crippen molar-refractivity contribution in [1.29, 1.82) is 21.0 Å². The third-order valence-corrected chi connectivity index (χ3v) is 5.49. The van der Waals surface area contributed by atoms with Gasteiger partial charge in [0.25, 0.3) is 0 Å². The lowest BCUT2D eigenvalue weighted by Crippen LogP contribution is -1.88. The normalized spacial score (nSPS) is 9.93. The van der Waals surface area contributed by atoms with Gasteiger partial charge in [0.1, 0.15) is 17.1 Å². The Morgan fingerprint density at radius 3 is 2.10 bits per heavy atom. The van der Waals surface area contributed by atoms with Gasteiger partial charge in [-0.25, -0.2) is 4.98 Å². The molecule has 0 amide bonds. The monoisotopic (exact) mass is 387 g/mol. The molecular formula is C23H9N5S. The quantitative estimate of drug-likeness (QED) is 0.474. The van der Waals surface area contributed by atoms with Gasteiger partial charge in [0.2, 0.25) is 0 Å². The van der Waals surface area contributed by atoms with Crippen LogP contribution in [0.5, 0.6) is 0 Å². The van der Waals surface area contributed by atoms with Crippen molar-refractivity contribution < 1.29 is 0 Å². The summed E-state index contributed by atoms with van der Waals surface area (Å²) in [7, 11) is 0. The highest BCUT2D eigenvalue weighted by Gasteiger charge is 2.12. The molecule has 0 radical (unpaired) electrons. The topological polar surface area (TPSA) is 108 Å². The van der Waals surface area contributed by atoms with E-state index in [4.69, 9.17) is 10.5 Å². The Labute approximate surface area is 170 Å². The molecule has 6 heteroatoms. The summed E-state index contributed by atoms with van der Waals surface area (Å²) >= 11 is 1.45. The summed E-state index contributed by atoms with van der Waals surface area (Å²) in [6.45, 7) is 0. The fraction of sp³-hybridized carbons (Fsp3) is 0. The molecular weight excluding hydrogens is 378 g/mol. The first-order valence-electron chi connectivity index (χ1n) is 8.46. The number of nitriles is 4. The van der Waals surface area contributed by atoms with Crippen molar-refractivity contribution in [1.82, 2.24) is 4.98 Å². The molecule has 1 aromatic heterocycles. The molecule has 0 aliphatic rings. The molecule has 0 aliphatic heterocycles. The van der Waals surface area contributed by atoms with Gasteiger partial charge in [-0.3, -0.25) is 0 Å². The summed E-state index contributed by atoms with van der Waals surface area (Å²) in [6, 6.07) is 24.1. The summed E-state index contributed by atoms with van der Waals surface area (Å²) in [5.41, 5.74) is 4.71. The minimum atomic E-state index is 0.290. The second-order valence-electron chi connectivity index (χ2n) is 6.21. The Morgan fingerprint density at radius 2 is 1.38 bits per heavy atom. The first-order valence-corrected chi connectivity index (χ1v) is 9.27. The predicted molar refractivity (Wildman–Crippen MR) is 109 cm³/mol. The molecule has 0 saturated heterocycles. The number of benzene rings is 3. The average Bonchev–Trinajstić information content (AvgIpc) is 3.21. The minimum Gasteiger partial charge on any atom is -0.236 e. The molecule has 0 aliphatic carbocycles. The van der Waals surface area contributed by atoms with Crippen LogP contribution in [0.3, 0.4) is 0 Å². The lowest BCUT2D eigenvalue weighted by molar-refractivity contribution is 1.42. The number of hydrogen-bond acceptors (Lipinski definition) is 6. The van der Waals surface area contributed by atoms with Gasteiger partial charge < -0.3 is 0 Å². The van der Waals surface area contributed by atoms with Crippen LogP contribution >= 0.6 is 11.3 Å². The van der Waals surface area contributed by atoms with Crippen LogP contribution in [0.1, 0.15) is 22.3 Å². The predicted octanol–water partition coefficient (Wildman–Crippen LogP) is 5.12. The third-order valence-electron chi connectivity index (χ3n) is 4.42. The van der Waals surface area contributed by atoms with E-state index < -0.39 is 0 Å². The van der Waals surface area contributed by atoms with Crippen LogP contribution < -0.4 is 0 Å². The van der Waals surface area contributed by atoms with Crippen molar-refractivity contribution in [3.63, 3.8) is 0 Å². The van der Waals surface area contributed by atoms with Gasteiger partial charge in [0, 0.05) is 5.56 Å². The van der Waals surface area contributed by atoms with Crippen molar-refractivity contribution in [2.45, 2.75) is 0 Å². The standard InChI is InChI=1S/C23H9N5S/c24-10-14-1-4-21-22(7-14)29-23(28-21)19-6-15(11-25)5-18(9-19)16-2-3-17(12-26)20(8-16)13-27/h1-9H. The number of thiazole rings is 1. The number of fused-ring (bicyclic) bond motifs is 1. The van der Waals surface area contributed by atoms with E-state index in [9.17, 15) is 10.5 Å². The van der Waals surface area contributed by atoms with Gasteiger partial charge in [-0.15, -0.1) is 11.3 Å². The maximum atomic E-state index is 9.47. The largest absolute Gasteiger partial charge is 0.236 e. The molecule has 0 bridgehead atoms. The van der Waals surface area contributed by atoms with Crippen LogP contribution in [0.15, 0.2) is 54.6 Å². The number of hydrogen-bond donors (Lipinski definition) is 0. The maximum Gasteiger partial charge on any atom is 0.124 e. The van der Waals surface area contributed by atoms with Crippen LogP contribution in [0.25, 0.3) is 31.9 Å². The summed E-state index contributed by atoms with van der Waals surface area (Å²) in [6.07, 6.45) is 0. The van der Waals surface area contributed by atoms with Crippen LogP contribution in [0.2, 0.25) is 0 Å². The SMILES string of the molecule is N#Cc1cc(-c2ccc(C#N)c(C#N)c2)cc(-c2nc3ccc(C#N)cc3s2)c1. The van der Waals surface area contributed by atoms with Crippen molar-refractivity contribution in [2.24, 2.45) is 0 Å². The first-order chi connectivity index (χ1) is 14.1. The van der Waals surface area contributed by atoms with E-state index in [1.54, 1.807) is 42.5 Å². The molecule has 0 atom stereocenters. The van der Waals surface area contributed by atoms with E-state index in [-0.39, 0.29) is 5.56 Å². The molecule has 0 unspecified atom stereocenters. The number of aromatic nitrogens is 1. The second-order valence-corrected chi connectivity index (χ2v) is 7.24. The zero-order valence-corrected chi connectivity index (χ0v) is 15.7. The Kier molecular flexibility index (Phi) is 4.48. The van der Waals surface area contributed by atoms with Crippen LogP contribution in [0.4, 0.5) is 0 Å². The molecule has 1 heterocycles. The summed E-state index contributed by atoms with van der Waals surface area (Å²) in [4.78, 5) is 4.63. The zero-order chi connectivity index (χ0) is 20.4. The Balaban J connectivity index is 1.87. The lowest BCUT2D eigenvalue weighted by atomic mass is 9.97. The number of rotatable bonds is 2. The summed E-state index contributed by atoms with van der Waals surface area (Å²) in [5.74, 6) is 0. The first kappa shape index (κ1) is 17.9. The van der Waals surface area contributed by atoms with Crippen molar-refractivity contribution in [2.75, 3.05) is 0 Å². The smallest absolute Gasteiger partial charge is 0.124 e. The molecule has 0 N–H and O–H groups in total. The second kappa shape index (κ2) is 7.26. The van der Waals surface area contributed by atoms with Crippen LogP contribution in [0, 0.1) is 45.3 Å². The molecule has 132 valence electrons. The molecule has 5 nitrogen and oxygen atoms in total. The summed E-state index contributed by atoms with van der Waals surface area (Å²) in [5, 5.41) is 37.7. The van der Waals surface area contributed by atoms with Crippen LogP contribution in [-0.4, -0.2) is 4.98 Å². The van der Waals surface area contributed by atoms with E-state index in [2.05, 4.69) is 17.1 Å². The van der Waals surface area contributed by atoms with E-state index in [1.165, 1.54) is 11.3 Å². The highest BCUT2D eigenvalue weighted by molar-refractivity contribution is 7.21.